The predicted octanol–water partition coefficient (Wildman–Crippen LogP) is 1.43. The van der Waals surface area contributed by atoms with Crippen molar-refractivity contribution < 1.29 is 0 Å². The smallest absolute Gasteiger partial charge is 0.00185 e. The SMILES string of the molecule is S=C/C=C\S. The first-order chi connectivity index (χ1) is 2.41. The average Bonchev–Trinajstić information content (AvgIpc) is 1.41. The molecule has 0 heterocycles. The van der Waals surface area contributed by atoms with Gasteiger partial charge in [-0.05, 0) is 11.5 Å². The maximum atomic E-state index is 4.39. The Morgan fingerprint density at radius 2 is 2.20 bits per heavy atom. The van der Waals surface area contributed by atoms with Crippen LogP contribution < -0.4 is 0 Å². The zero-order valence-corrected chi connectivity index (χ0v) is 4.30. The summed E-state index contributed by atoms with van der Waals surface area (Å²) in [5.74, 6) is 0. The lowest BCUT2D eigenvalue weighted by atomic mass is 10.8. The maximum absolute atomic E-state index is 4.39. The highest BCUT2D eigenvalue weighted by Gasteiger charge is 1.44. The molecule has 0 saturated heterocycles. The Morgan fingerprint density at radius 1 is 1.60 bits per heavy atom. The van der Waals surface area contributed by atoms with Crippen molar-refractivity contribution in [3.05, 3.63) is 11.5 Å². The van der Waals surface area contributed by atoms with E-state index in [9.17, 15) is 0 Å². The third-order valence-corrected chi connectivity index (χ3v) is 0.494. The molecule has 2 heteroatoms. The van der Waals surface area contributed by atoms with Crippen LogP contribution in [0.1, 0.15) is 0 Å². The highest BCUT2D eigenvalue weighted by Crippen LogP contribution is 1.69. The van der Waals surface area contributed by atoms with Crippen molar-refractivity contribution in [1.29, 1.82) is 0 Å². The number of rotatable bonds is 1. The average molecular weight is 104 g/mol. The molecule has 0 aromatic carbocycles. The van der Waals surface area contributed by atoms with Gasteiger partial charge in [-0.25, -0.2) is 0 Å². The van der Waals surface area contributed by atoms with E-state index in [0.717, 1.165) is 0 Å². The minimum absolute atomic E-state index is 1.51. The molecule has 0 saturated carbocycles. The third kappa shape index (κ3) is 4.18. The zero-order chi connectivity index (χ0) is 4.12. The molecule has 0 N–H and O–H groups in total. The third-order valence-electron chi connectivity index (χ3n) is 0.165. The number of allylic oxidation sites excluding steroid dienone is 1. The molecule has 0 fully saturated rings. The Balaban J connectivity index is 2.92. The van der Waals surface area contributed by atoms with Crippen LogP contribution in [0.25, 0.3) is 0 Å². The Hall–Kier alpha value is 0.180. The normalized spacial score (nSPS) is 9.00. The summed E-state index contributed by atoms with van der Waals surface area (Å²) < 4.78 is 0. The minimum Gasteiger partial charge on any atom is -0.151 e. The predicted molar refractivity (Wildman–Crippen MR) is 31.8 cm³/mol. The fourth-order valence-corrected chi connectivity index (χ4v) is 0.316. The second kappa shape index (κ2) is 4.18. The Morgan fingerprint density at radius 3 is 2.20 bits per heavy atom. The quantitative estimate of drug-likeness (QED) is 0.298. The van der Waals surface area contributed by atoms with Crippen molar-refractivity contribution in [2.75, 3.05) is 0 Å². The van der Waals surface area contributed by atoms with Gasteiger partial charge in [0.25, 0.3) is 0 Å². The van der Waals surface area contributed by atoms with Crippen molar-refractivity contribution >= 4 is 30.2 Å². The molecule has 0 spiro atoms. The van der Waals surface area contributed by atoms with Crippen LogP contribution in [-0.4, -0.2) is 5.37 Å². The Kier molecular flexibility index (Phi) is 4.33. The first-order valence-corrected chi connectivity index (χ1v) is 2.15. The fraction of sp³-hybridized carbons (Fsp3) is 0. The molecule has 0 aromatic heterocycles. The molecule has 0 aliphatic heterocycles. The summed E-state index contributed by atoms with van der Waals surface area (Å²) in [6.45, 7) is 0. The van der Waals surface area contributed by atoms with E-state index in [1.165, 1.54) is 5.37 Å². The molecule has 0 aliphatic carbocycles. The van der Waals surface area contributed by atoms with Gasteiger partial charge >= 0.3 is 0 Å². The highest BCUT2D eigenvalue weighted by atomic mass is 32.1. The van der Waals surface area contributed by atoms with Gasteiger partial charge in [-0.15, -0.1) is 0 Å². The fourth-order valence-electron chi connectivity index (χ4n) is 0.0351. The largest absolute Gasteiger partial charge is 0.151 e. The van der Waals surface area contributed by atoms with Crippen LogP contribution in [0.3, 0.4) is 0 Å². The molecule has 0 nitrogen and oxygen atoms in total. The molecule has 0 atom stereocenters. The molecule has 0 aliphatic rings. The van der Waals surface area contributed by atoms with E-state index < -0.39 is 0 Å². The van der Waals surface area contributed by atoms with Crippen molar-refractivity contribution in [2.24, 2.45) is 0 Å². The second-order valence-corrected chi connectivity index (χ2v) is 1.05. The summed E-state index contributed by atoms with van der Waals surface area (Å²) in [4.78, 5) is 0. The van der Waals surface area contributed by atoms with Crippen molar-refractivity contribution in [3.63, 3.8) is 0 Å². The minimum atomic E-state index is 1.51. The van der Waals surface area contributed by atoms with E-state index >= 15 is 0 Å². The van der Waals surface area contributed by atoms with Gasteiger partial charge in [0, 0.05) is 5.37 Å². The zero-order valence-electron chi connectivity index (χ0n) is 2.59. The van der Waals surface area contributed by atoms with Crippen LogP contribution in [0.5, 0.6) is 0 Å². The van der Waals surface area contributed by atoms with E-state index in [1.54, 1.807) is 11.5 Å². The molecular weight excluding hydrogens is 100 g/mol. The number of hydrogen-bond acceptors (Lipinski definition) is 2. The molecule has 28 valence electrons. The summed E-state index contributed by atoms with van der Waals surface area (Å²) in [7, 11) is 0. The lowest BCUT2D eigenvalue weighted by molar-refractivity contribution is 2.49. The van der Waals surface area contributed by atoms with Gasteiger partial charge in [-0.2, -0.15) is 12.6 Å². The molecule has 5 heavy (non-hydrogen) atoms. The van der Waals surface area contributed by atoms with E-state index in [2.05, 4.69) is 24.8 Å². The van der Waals surface area contributed by atoms with E-state index in [1.807, 2.05) is 0 Å². The van der Waals surface area contributed by atoms with Crippen LogP contribution in [0, 0.1) is 0 Å². The molecule has 0 aromatic rings. The number of thiocarbonyl (C=S) groups is 1. The maximum Gasteiger partial charge on any atom is 0.00185 e. The summed E-state index contributed by atoms with van der Waals surface area (Å²) >= 11 is 8.11. The monoisotopic (exact) mass is 104 g/mol. The van der Waals surface area contributed by atoms with Gasteiger partial charge in [0.1, 0.15) is 0 Å². The van der Waals surface area contributed by atoms with Crippen molar-refractivity contribution in [2.45, 2.75) is 0 Å². The van der Waals surface area contributed by atoms with Crippen LogP contribution in [0.4, 0.5) is 0 Å². The van der Waals surface area contributed by atoms with E-state index in [4.69, 9.17) is 0 Å². The van der Waals surface area contributed by atoms with Crippen LogP contribution >= 0.6 is 24.8 Å². The summed E-state index contributed by atoms with van der Waals surface area (Å²) in [5, 5.41) is 3.10. The lowest BCUT2D eigenvalue weighted by Crippen LogP contribution is -1.42. The van der Waals surface area contributed by atoms with Crippen molar-refractivity contribution in [3.8, 4) is 0 Å². The summed E-state index contributed by atoms with van der Waals surface area (Å²) in [5.41, 5.74) is 0. The van der Waals surface area contributed by atoms with Gasteiger partial charge < -0.3 is 0 Å². The second-order valence-electron chi connectivity index (χ2n) is 0.478. The first kappa shape index (κ1) is 5.18. The van der Waals surface area contributed by atoms with Crippen molar-refractivity contribution in [1.82, 2.24) is 0 Å². The standard InChI is InChI=1S/C3H4S2/c4-2-1-3-5/h1-4H/b2-1-. The topological polar surface area (TPSA) is 0 Å². The van der Waals surface area contributed by atoms with Gasteiger partial charge in [0.05, 0.1) is 0 Å². The molecular formula is C3H4S2. The molecule has 0 radical (unpaired) electrons. The summed E-state index contributed by atoms with van der Waals surface area (Å²) in [6.07, 6.45) is 1.68. The van der Waals surface area contributed by atoms with E-state index in [0.29, 0.717) is 0 Å². The van der Waals surface area contributed by atoms with Gasteiger partial charge in [-0.1, -0.05) is 12.2 Å². The number of thiol groups is 1. The van der Waals surface area contributed by atoms with Crippen LogP contribution in [0.15, 0.2) is 11.5 Å². The molecule has 0 bridgehead atoms. The van der Waals surface area contributed by atoms with Crippen LogP contribution in [0.2, 0.25) is 0 Å². The molecule has 0 unspecified atom stereocenters. The Labute approximate surface area is 42.3 Å². The van der Waals surface area contributed by atoms with E-state index in [-0.39, 0.29) is 0 Å². The first-order valence-electron chi connectivity index (χ1n) is 1.16. The van der Waals surface area contributed by atoms with Gasteiger partial charge in [0.2, 0.25) is 0 Å². The lowest BCUT2D eigenvalue weighted by Gasteiger charge is -1.53. The number of hydrogen-bond donors (Lipinski definition) is 1. The van der Waals surface area contributed by atoms with Gasteiger partial charge in [0.15, 0.2) is 0 Å². The molecule has 0 amide bonds. The highest BCUT2D eigenvalue weighted by molar-refractivity contribution is 7.83. The Bertz CT molecular complexity index is 46.9. The summed E-state index contributed by atoms with van der Waals surface area (Å²) in [6, 6.07) is 0. The van der Waals surface area contributed by atoms with Crippen LogP contribution in [-0.2, 0) is 0 Å². The van der Waals surface area contributed by atoms with Gasteiger partial charge in [-0.3, -0.25) is 0 Å². The molecule has 0 rings (SSSR count).